The van der Waals surface area contributed by atoms with Gasteiger partial charge in [-0.3, -0.25) is 9.52 Å². The summed E-state index contributed by atoms with van der Waals surface area (Å²) in [6.45, 7) is 9.63. The van der Waals surface area contributed by atoms with E-state index in [1.54, 1.807) is 36.4 Å². The first-order valence-electron chi connectivity index (χ1n) is 12.2. The van der Waals surface area contributed by atoms with E-state index in [4.69, 9.17) is 14.2 Å². The minimum absolute atomic E-state index is 0.0933. The Morgan fingerprint density at radius 3 is 2.32 bits per heavy atom. The van der Waals surface area contributed by atoms with Crippen molar-refractivity contribution in [2.24, 2.45) is 0 Å². The number of sulfonamides is 1. The van der Waals surface area contributed by atoms with Gasteiger partial charge >= 0.3 is 5.97 Å². The Kier molecular flexibility index (Phi) is 7.50. The maximum absolute atomic E-state index is 12.5. The highest BCUT2D eigenvalue weighted by atomic mass is 32.2. The molecule has 1 N–H and O–H groups in total. The maximum Gasteiger partial charge on any atom is 0.308 e. The van der Waals surface area contributed by atoms with Crippen LogP contribution < -0.4 is 18.9 Å². The molecule has 1 aliphatic rings. The second-order valence-electron chi connectivity index (χ2n) is 9.82. The van der Waals surface area contributed by atoms with Crippen LogP contribution >= 0.6 is 0 Å². The molecule has 3 aromatic carbocycles. The lowest BCUT2D eigenvalue weighted by atomic mass is 9.87. The number of fused-ring (bicyclic) bond motifs is 1. The van der Waals surface area contributed by atoms with Gasteiger partial charge in [0, 0.05) is 18.2 Å². The van der Waals surface area contributed by atoms with Gasteiger partial charge < -0.3 is 14.2 Å². The lowest BCUT2D eigenvalue weighted by Gasteiger charge is -2.37. The number of benzene rings is 3. The molecule has 0 aliphatic carbocycles. The monoisotopic (exact) mass is 523 g/mol. The van der Waals surface area contributed by atoms with Gasteiger partial charge in [-0.1, -0.05) is 30.3 Å². The molecular weight excluding hydrogens is 490 g/mol. The van der Waals surface area contributed by atoms with Gasteiger partial charge in [0.2, 0.25) is 10.0 Å². The number of hydrogen-bond donors (Lipinski definition) is 1. The Balaban J connectivity index is 1.41. The zero-order valence-electron chi connectivity index (χ0n) is 21.9. The van der Waals surface area contributed by atoms with Crippen LogP contribution in [0.15, 0.2) is 54.6 Å². The molecule has 0 bridgehead atoms. The minimum Gasteiger partial charge on any atom is -0.489 e. The Hall–Kier alpha value is -3.52. The highest BCUT2D eigenvalue weighted by molar-refractivity contribution is 7.91. The van der Waals surface area contributed by atoms with Crippen molar-refractivity contribution in [1.29, 1.82) is 0 Å². The van der Waals surface area contributed by atoms with E-state index >= 15 is 0 Å². The normalized spacial score (nSPS) is 16.9. The van der Waals surface area contributed by atoms with Crippen molar-refractivity contribution in [1.82, 2.24) is 0 Å². The van der Waals surface area contributed by atoms with Crippen molar-refractivity contribution in [3.05, 3.63) is 82.4 Å². The molecular formula is C29H33NO6S. The van der Waals surface area contributed by atoms with Gasteiger partial charge in [0.15, 0.2) is 0 Å². The van der Waals surface area contributed by atoms with Crippen LogP contribution in [-0.4, -0.2) is 26.6 Å². The summed E-state index contributed by atoms with van der Waals surface area (Å²) in [6, 6.07) is 15.9. The van der Waals surface area contributed by atoms with Crippen molar-refractivity contribution >= 4 is 21.7 Å². The van der Waals surface area contributed by atoms with Gasteiger partial charge in [-0.15, -0.1) is 0 Å². The van der Waals surface area contributed by atoms with E-state index in [2.05, 4.69) is 4.72 Å². The van der Waals surface area contributed by atoms with E-state index < -0.39 is 15.6 Å². The first-order valence-corrected chi connectivity index (χ1v) is 13.9. The lowest BCUT2D eigenvalue weighted by Crippen LogP contribution is -2.42. The third kappa shape index (κ3) is 6.25. The van der Waals surface area contributed by atoms with Gasteiger partial charge in [-0.2, -0.15) is 0 Å². The van der Waals surface area contributed by atoms with Gasteiger partial charge in [0.05, 0.1) is 5.75 Å². The summed E-state index contributed by atoms with van der Waals surface area (Å²) in [5.41, 5.74) is 4.49. The van der Waals surface area contributed by atoms with Crippen LogP contribution in [-0.2, 0) is 27.0 Å². The molecule has 4 rings (SSSR count). The summed E-state index contributed by atoms with van der Waals surface area (Å²) in [5.74, 6) is 1.63. The molecule has 0 radical (unpaired) electrons. The van der Waals surface area contributed by atoms with Crippen LogP contribution in [0.3, 0.4) is 0 Å². The first kappa shape index (κ1) is 26.5. The fourth-order valence-electron chi connectivity index (χ4n) is 4.54. The molecule has 1 aliphatic heterocycles. The predicted molar refractivity (Wildman–Crippen MR) is 144 cm³/mol. The lowest BCUT2D eigenvalue weighted by molar-refractivity contribution is -0.132. The van der Waals surface area contributed by atoms with Crippen LogP contribution in [0.25, 0.3) is 0 Å². The van der Waals surface area contributed by atoms with Crippen LogP contribution in [0, 0.1) is 20.8 Å². The number of esters is 1. The van der Waals surface area contributed by atoms with E-state index in [1.165, 1.54) is 6.92 Å². The van der Waals surface area contributed by atoms with Gasteiger partial charge in [0.1, 0.15) is 29.5 Å². The molecule has 1 atom stereocenters. The molecule has 0 amide bonds. The zero-order chi connectivity index (χ0) is 26.8. The molecule has 196 valence electrons. The van der Waals surface area contributed by atoms with Crippen LogP contribution in [0.4, 0.5) is 5.69 Å². The van der Waals surface area contributed by atoms with Crippen molar-refractivity contribution in [2.45, 2.75) is 58.8 Å². The molecule has 8 heteroatoms. The Bertz CT molecular complexity index is 1400. The first-order chi connectivity index (χ1) is 17.5. The quantitative estimate of drug-likeness (QED) is 0.303. The fraction of sp³-hybridized carbons (Fsp3) is 0.345. The average Bonchev–Trinajstić information content (AvgIpc) is 2.85. The van der Waals surface area contributed by atoms with Gasteiger partial charge in [0.25, 0.3) is 0 Å². The minimum atomic E-state index is -3.53. The second-order valence-corrected chi connectivity index (χ2v) is 11.5. The fourth-order valence-corrected chi connectivity index (χ4v) is 5.74. The summed E-state index contributed by atoms with van der Waals surface area (Å²) in [7, 11) is -3.53. The highest BCUT2D eigenvalue weighted by Gasteiger charge is 2.35. The van der Waals surface area contributed by atoms with Crippen molar-refractivity contribution in [3.8, 4) is 17.2 Å². The van der Waals surface area contributed by atoms with Crippen LogP contribution in [0.2, 0.25) is 0 Å². The smallest absolute Gasteiger partial charge is 0.308 e. The third-order valence-electron chi connectivity index (χ3n) is 6.68. The number of hydrogen-bond acceptors (Lipinski definition) is 6. The summed E-state index contributed by atoms with van der Waals surface area (Å²) < 4.78 is 45.6. The number of anilines is 1. The van der Waals surface area contributed by atoms with Crippen molar-refractivity contribution in [3.63, 3.8) is 0 Å². The number of carbonyl (C=O) groups excluding carboxylic acids is 1. The maximum atomic E-state index is 12.5. The van der Waals surface area contributed by atoms with E-state index in [0.717, 1.165) is 46.4 Å². The largest absolute Gasteiger partial charge is 0.489 e. The van der Waals surface area contributed by atoms with E-state index in [1.807, 2.05) is 45.9 Å². The molecule has 0 saturated heterocycles. The van der Waals surface area contributed by atoms with Gasteiger partial charge in [-0.25, -0.2) is 8.42 Å². The Morgan fingerprint density at radius 2 is 1.68 bits per heavy atom. The Morgan fingerprint density at radius 1 is 1.00 bits per heavy atom. The van der Waals surface area contributed by atoms with Crippen LogP contribution in [0.1, 0.15) is 48.1 Å². The number of rotatable bonds is 8. The standard InChI is InChI=1S/C29H33NO6S/c1-19-20(2)28-26(21(3)27(19)35-22(4)31)15-16-29(5,36-28)18-34-25-13-11-24(12-14-25)30-37(32,33)17-23-9-7-6-8-10-23/h6-14,30H,15-18H2,1-5H3. The molecule has 0 saturated carbocycles. The molecule has 0 fully saturated rings. The van der Waals surface area contributed by atoms with E-state index in [9.17, 15) is 13.2 Å². The summed E-state index contributed by atoms with van der Waals surface area (Å²) in [5, 5.41) is 0. The molecule has 0 spiro atoms. The van der Waals surface area contributed by atoms with Crippen molar-refractivity contribution in [2.75, 3.05) is 11.3 Å². The molecule has 3 aromatic rings. The Labute approximate surface area is 218 Å². The third-order valence-corrected chi connectivity index (χ3v) is 7.94. The summed E-state index contributed by atoms with van der Waals surface area (Å²) in [6.07, 6.45) is 1.51. The molecule has 0 aromatic heterocycles. The number of nitrogens with one attached hydrogen (secondary N) is 1. The highest BCUT2D eigenvalue weighted by Crippen LogP contribution is 2.44. The molecule has 1 heterocycles. The average molecular weight is 524 g/mol. The van der Waals surface area contributed by atoms with E-state index in [-0.39, 0.29) is 11.7 Å². The van der Waals surface area contributed by atoms with Crippen LogP contribution in [0.5, 0.6) is 17.2 Å². The second kappa shape index (κ2) is 10.5. The topological polar surface area (TPSA) is 90.9 Å². The van der Waals surface area contributed by atoms with E-state index in [0.29, 0.717) is 23.8 Å². The molecule has 7 nitrogen and oxygen atoms in total. The number of ether oxygens (including phenoxy) is 3. The summed E-state index contributed by atoms with van der Waals surface area (Å²) >= 11 is 0. The predicted octanol–water partition coefficient (Wildman–Crippen LogP) is 5.64. The van der Waals surface area contributed by atoms with Crippen molar-refractivity contribution < 1.29 is 27.4 Å². The molecule has 37 heavy (non-hydrogen) atoms. The SMILES string of the molecule is CC(=O)Oc1c(C)c(C)c2c(c1C)CCC(C)(COc1ccc(NS(=O)(=O)Cc3ccccc3)cc1)O2. The van der Waals surface area contributed by atoms with Gasteiger partial charge in [-0.05, 0) is 87.1 Å². The number of carbonyl (C=O) groups is 1. The zero-order valence-corrected chi connectivity index (χ0v) is 22.7. The molecule has 1 unspecified atom stereocenters. The summed E-state index contributed by atoms with van der Waals surface area (Å²) in [4.78, 5) is 11.6.